The number of carbonyl (C=O) groups is 1. The molecule has 0 spiro atoms. The predicted octanol–water partition coefficient (Wildman–Crippen LogP) is 8.30. The van der Waals surface area contributed by atoms with Crippen LogP contribution < -0.4 is 14.2 Å². The second kappa shape index (κ2) is 15.3. The van der Waals surface area contributed by atoms with Gasteiger partial charge in [0.1, 0.15) is 28.0 Å². The van der Waals surface area contributed by atoms with Gasteiger partial charge in [-0.1, -0.05) is 30.3 Å². The summed E-state index contributed by atoms with van der Waals surface area (Å²) in [6.07, 6.45) is -2.64. The van der Waals surface area contributed by atoms with Gasteiger partial charge in [-0.25, -0.2) is 17.6 Å². The molecule has 0 unspecified atom stereocenters. The lowest BCUT2D eigenvalue weighted by Crippen LogP contribution is -2.31. The molecule has 5 aromatic rings. The van der Waals surface area contributed by atoms with E-state index >= 15 is 4.39 Å². The van der Waals surface area contributed by atoms with E-state index in [9.17, 15) is 31.5 Å². The molecule has 0 bridgehead atoms. The topological polar surface area (TPSA) is 107 Å². The molecule has 1 saturated carbocycles. The third-order valence-corrected chi connectivity index (χ3v) is 10.8. The summed E-state index contributed by atoms with van der Waals surface area (Å²) in [5.74, 6) is -1.18. The molecule has 1 heterocycles. The zero-order valence-corrected chi connectivity index (χ0v) is 29.6. The van der Waals surface area contributed by atoms with Gasteiger partial charge in [0.2, 0.25) is 10.0 Å². The van der Waals surface area contributed by atoms with Crippen molar-refractivity contribution in [3.05, 3.63) is 131 Å². The third kappa shape index (κ3) is 9.00. The molecule has 1 aromatic heterocycles. The fourth-order valence-electron chi connectivity index (χ4n) is 6.11. The quantitative estimate of drug-likeness (QED) is 0.107. The SMILES string of the molecule is COc1ccc(CN(Cc2ccc(OC)cc2)S(=O)(=O)c2ccc(Cn3c(-c4ccc(OC(F)(F)F)cc4)cc(C(=O)O)c3CC3CC3)cc2F)cc1. The van der Waals surface area contributed by atoms with Crippen LogP contribution in [0.4, 0.5) is 17.6 Å². The Labute approximate surface area is 304 Å². The summed E-state index contributed by atoms with van der Waals surface area (Å²) < 4.78 is 100. The van der Waals surface area contributed by atoms with Crippen molar-refractivity contribution >= 4 is 16.0 Å². The number of aromatic nitrogens is 1. The van der Waals surface area contributed by atoms with Gasteiger partial charge in [0.25, 0.3) is 0 Å². The van der Waals surface area contributed by atoms with Crippen LogP contribution in [0.5, 0.6) is 17.2 Å². The number of hydrogen-bond donors (Lipinski definition) is 1. The zero-order valence-electron chi connectivity index (χ0n) is 28.8. The summed E-state index contributed by atoms with van der Waals surface area (Å²) in [4.78, 5) is 11.8. The van der Waals surface area contributed by atoms with Crippen molar-refractivity contribution in [2.45, 2.75) is 50.2 Å². The van der Waals surface area contributed by atoms with E-state index in [1.54, 1.807) is 53.1 Å². The number of ether oxygens (including phenoxy) is 3. The lowest BCUT2D eigenvalue weighted by molar-refractivity contribution is -0.274. The van der Waals surface area contributed by atoms with E-state index in [0.29, 0.717) is 51.6 Å². The Morgan fingerprint density at radius 3 is 1.81 bits per heavy atom. The second-order valence-corrected chi connectivity index (χ2v) is 14.6. The van der Waals surface area contributed by atoms with Crippen LogP contribution in [-0.4, -0.2) is 48.9 Å². The number of aromatic carboxylic acids is 1. The standard InChI is InChI=1S/C39H36F4N2O7S/c1-50-30-12-5-26(6-13-30)22-44(23-27-7-14-31(51-2)15-8-27)53(48,49)37-18-9-28(19-34(37)40)24-45-35(21-33(38(46)47)36(45)20-25-3-4-25)29-10-16-32(17-11-29)52-39(41,42)43/h5-19,21,25H,3-4,20,22-24H2,1-2H3,(H,46,47). The van der Waals surface area contributed by atoms with E-state index in [1.807, 2.05) is 0 Å². The fourth-order valence-corrected chi connectivity index (χ4v) is 7.57. The van der Waals surface area contributed by atoms with Gasteiger partial charge in [-0.15, -0.1) is 13.2 Å². The minimum absolute atomic E-state index is 0.0230. The molecule has 0 radical (unpaired) electrons. The highest BCUT2D eigenvalue weighted by Crippen LogP contribution is 2.37. The number of halogens is 4. The molecule has 1 fully saturated rings. The molecule has 6 rings (SSSR count). The number of hydrogen-bond acceptors (Lipinski definition) is 6. The molecule has 1 aliphatic rings. The summed E-state index contributed by atoms with van der Waals surface area (Å²) in [5.41, 5.74) is 2.95. The lowest BCUT2D eigenvalue weighted by atomic mass is 10.1. The summed E-state index contributed by atoms with van der Waals surface area (Å²) in [7, 11) is -1.38. The molecule has 0 amide bonds. The van der Waals surface area contributed by atoms with E-state index in [4.69, 9.17) is 9.47 Å². The van der Waals surface area contributed by atoms with Crippen molar-refractivity contribution in [2.24, 2.45) is 5.92 Å². The number of alkyl halides is 3. The largest absolute Gasteiger partial charge is 0.573 e. The van der Waals surface area contributed by atoms with E-state index in [-0.39, 0.29) is 31.1 Å². The molecule has 9 nitrogen and oxygen atoms in total. The zero-order chi connectivity index (χ0) is 37.9. The Bertz CT molecular complexity index is 2130. The van der Waals surface area contributed by atoms with Gasteiger partial charge < -0.3 is 23.9 Å². The summed E-state index contributed by atoms with van der Waals surface area (Å²) in [6.45, 7) is -0.173. The van der Waals surface area contributed by atoms with Gasteiger partial charge in [0.05, 0.1) is 19.8 Å². The molecule has 0 aliphatic heterocycles. The smallest absolute Gasteiger partial charge is 0.497 e. The molecule has 53 heavy (non-hydrogen) atoms. The van der Waals surface area contributed by atoms with E-state index in [1.165, 1.54) is 48.9 Å². The van der Waals surface area contributed by atoms with E-state index < -0.39 is 38.8 Å². The van der Waals surface area contributed by atoms with Crippen molar-refractivity contribution in [1.82, 2.24) is 8.87 Å². The van der Waals surface area contributed by atoms with Crippen LogP contribution in [-0.2, 0) is 36.1 Å². The highest BCUT2D eigenvalue weighted by molar-refractivity contribution is 7.89. The monoisotopic (exact) mass is 752 g/mol. The number of methoxy groups -OCH3 is 2. The Morgan fingerprint density at radius 2 is 1.34 bits per heavy atom. The minimum Gasteiger partial charge on any atom is -0.497 e. The summed E-state index contributed by atoms with van der Waals surface area (Å²) in [5, 5.41) is 10.1. The minimum atomic E-state index is -4.89. The number of carboxylic acids is 1. The first-order chi connectivity index (χ1) is 25.2. The van der Waals surface area contributed by atoms with Gasteiger partial charge in [0.15, 0.2) is 0 Å². The van der Waals surface area contributed by atoms with Crippen LogP contribution in [0.25, 0.3) is 11.3 Å². The number of benzene rings is 4. The molecule has 14 heteroatoms. The number of sulfonamides is 1. The molecule has 1 N–H and O–H groups in total. The second-order valence-electron chi connectivity index (χ2n) is 12.7. The molecule has 278 valence electrons. The average Bonchev–Trinajstić information content (AvgIpc) is 3.88. The van der Waals surface area contributed by atoms with Gasteiger partial charge in [-0.2, -0.15) is 4.31 Å². The summed E-state index contributed by atoms with van der Waals surface area (Å²) in [6, 6.07) is 24.0. The van der Waals surface area contributed by atoms with Crippen LogP contribution in [0.15, 0.2) is 102 Å². The van der Waals surface area contributed by atoms with Gasteiger partial charge in [-0.3, -0.25) is 0 Å². The van der Waals surface area contributed by atoms with E-state index in [2.05, 4.69) is 4.74 Å². The maximum Gasteiger partial charge on any atom is 0.573 e. The molecular weight excluding hydrogens is 716 g/mol. The first-order valence-electron chi connectivity index (χ1n) is 16.6. The van der Waals surface area contributed by atoms with Crippen LogP contribution in [0.2, 0.25) is 0 Å². The Kier molecular flexibility index (Phi) is 10.8. The lowest BCUT2D eigenvalue weighted by Gasteiger charge is -2.23. The van der Waals surface area contributed by atoms with Crippen molar-refractivity contribution in [3.8, 4) is 28.5 Å². The molecule has 0 saturated heterocycles. The number of carboxylic acid groups (broad SMARTS) is 1. The molecular formula is C39H36F4N2O7S. The number of nitrogens with zero attached hydrogens (tertiary/aromatic N) is 2. The molecule has 0 atom stereocenters. The first-order valence-corrected chi connectivity index (χ1v) is 18.0. The molecule has 1 aliphatic carbocycles. The molecule has 4 aromatic carbocycles. The Hall–Kier alpha value is -5.34. The van der Waals surface area contributed by atoms with Gasteiger partial charge >= 0.3 is 12.3 Å². The van der Waals surface area contributed by atoms with Crippen LogP contribution in [0.3, 0.4) is 0 Å². The van der Waals surface area contributed by atoms with Crippen molar-refractivity contribution < 1.29 is 50.1 Å². The highest BCUT2D eigenvalue weighted by Gasteiger charge is 2.32. The van der Waals surface area contributed by atoms with Gasteiger partial charge in [0, 0.05) is 31.0 Å². The normalized spacial score (nSPS) is 13.3. The van der Waals surface area contributed by atoms with Crippen LogP contribution in [0, 0.1) is 11.7 Å². The van der Waals surface area contributed by atoms with E-state index in [0.717, 1.165) is 31.0 Å². The first kappa shape index (κ1) is 37.4. The Morgan fingerprint density at radius 1 is 0.811 bits per heavy atom. The van der Waals surface area contributed by atoms with Crippen molar-refractivity contribution in [3.63, 3.8) is 0 Å². The van der Waals surface area contributed by atoms with Crippen LogP contribution in [0.1, 0.15) is 45.6 Å². The third-order valence-electron chi connectivity index (χ3n) is 8.99. The highest BCUT2D eigenvalue weighted by atomic mass is 32.2. The van der Waals surface area contributed by atoms with Crippen molar-refractivity contribution in [2.75, 3.05) is 14.2 Å². The summed E-state index contributed by atoms with van der Waals surface area (Å²) >= 11 is 0. The number of rotatable bonds is 15. The maximum absolute atomic E-state index is 16.1. The van der Waals surface area contributed by atoms with Gasteiger partial charge in [-0.05, 0) is 114 Å². The maximum atomic E-state index is 16.1. The Balaban J connectivity index is 1.34. The van der Waals surface area contributed by atoms with Crippen molar-refractivity contribution in [1.29, 1.82) is 0 Å². The van der Waals surface area contributed by atoms with Crippen LogP contribution >= 0.6 is 0 Å². The fraction of sp³-hybridized carbons (Fsp3) is 0.256. The predicted molar refractivity (Wildman–Crippen MR) is 188 cm³/mol. The average molecular weight is 753 g/mol.